The van der Waals surface area contributed by atoms with Crippen LogP contribution in [0, 0.1) is 0 Å². The van der Waals surface area contributed by atoms with Crippen LogP contribution in [0.15, 0.2) is 22.7 Å². The van der Waals surface area contributed by atoms with Gasteiger partial charge in [0.25, 0.3) is 0 Å². The van der Waals surface area contributed by atoms with E-state index >= 15 is 0 Å². The van der Waals surface area contributed by atoms with Gasteiger partial charge < -0.3 is 10.6 Å². The summed E-state index contributed by atoms with van der Waals surface area (Å²) in [7, 11) is 0. The molecule has 0 saturated carbocycles. The summed E-state index contributed by atoms with van der Waals surface area (Å²) in [5.41, 5.74) is 6.37. The molecule has 0 aliphatic rings. The van der Waals surface area contributed by atoms with Crippen molar-refractivity contribution in [1.29, 1.82) is 0 Å². The van der Waals surface area contributed by atoms with E-state index < -0.39 is 12.7 Å². The minimum atomic E-state index is -4.27. The first-order chi connectivity index (χ1) is 8.24. The quantitative estimate of drug-likeness (QED) is 0.851. The molecule has 2 nitrogen and oxygen atoms in total. The van der Waals surface area contributed by atoms with Gasteiger partial charge in [-0.15, -0.1) is 0 Å². The Labute approximate surface area is 117 Å². The minimum absolute atomic E-state index is 0.0759. The van der Waals surface area contributed by atoms with E-state index in [1.54, 1.807) is 25.1 Å². The van der Waals surface area contributed by atoms with Gasteiger partial charge in [-0.05, 0) is 25.1 Å². The SMILES string of the molecule is CCN(CC(F)(F)F)c1ccc(Br)cc1C(N)=S. The number of nitrogens with two attached hydrogens (primary N) is 1. The fourth-order valence-electron chi connectivity index (χ4n) is 1.57. The van der Waals surface area contributed by atoms with Crippen LogP contribution in [0.2, 0.25) is 0 Å². The van der Waals surface area contributed by atoms with Crippen LogP contribution in [0.5, 0.6) is 0 Å². The van der Waals surface area contributed by atoms with E-state index in [2.05, 4.69) is 15.9 Å². The molecule has 0 heterocycles. The molecule has 0 aliphatic carbocycles. The predicted molar refractivity (Wildman–Crippen MR) is 74.0 cm³/mol. The van der Waals surface area contributed by atoms with Gasteiger partial charge in [0.2, 0.25) is 0 Å². The summed E-state index contributed by atoms with van der Waals surface area (Å²) in [6, 6.07) is 4.86. The average Bonchev–Trinajstić information content (AvgIpc) is 2.24. The van der Waals surface area contributed by atoms with Gasteiger partial charge in [-0.25, -0.2) is 0 Å². The van der Waals surface area contributed by atoms with Gasteiger partial charge in [-0.3, -0.25) is 0 Å². The Morgan fingerprint density at radius 3 is 2.50 bits per heavy atom. The molecule has 2 N–H and O–H groups in total. The molecule has 1 aromatic carbocycles. The summed E-state index contributed by atoms with van der Waals surface area (Å²) in [5, 5.41) is 0. The summed E-state index contributed by atoms with van der Waals surface area (Å²) in [6.45, 7) is 0.842. The highest BCUT2D eigenvalue weighted by molar-refractivity contribution is 9.10. The number of halogens is 4. The van der Waals surface area contributed by atoms with E-state index in [4.69, 9.17) is 18.0 Å². The van der Waals surface area contributed by atoms with Crippen molar-refractivity contribution in [3.63, 3.8) is 0 Å². The molecular formula is C11H12BrF3N2S. The monoisotopic (exact) mass is 340 g/mol. The van der Waals surface area contributed by atoms with Crippen molar-refractivity contribution in [3.05, 3.63) is 28.2 Å². The summed E-state index contributed by atoms with van der Waals surface area (Å²) in [4.78, 5) is 1.27. The van der Waals surface area contributed by atoms with Crippen LogP contribution in [0.25, 0.3) is 0 Å². The largest absolute Gasteiger partial charge is 0.405 e. The zero-order chi connectivity index (χ0) is 13.9. The third-order valence-corrected chi connectivity index (χ3v) is 3.03. The van der Waals surface area contributed by atoms with E-state index in [-0.39, 0.29) is 11.5 Å². The maximum absolute atomic E-state index is 12.5. The van der Waals surface area contributed by atoms with E-state index in [1.807, 2.05) is 0 Å². The van der Waals surface area contributed by atoms with Gasteiger partial charge in [-0.2, -0.15) is 13.2 Å². The molecule has 1 rings (SSSR count). The maximum atomic E-state index is 12.5. The Bertz CT molecular complexity index is 448. The second-order valence-electron chi connectivity index (χ2n) is 3.66. The van der Waals surface area contributed by atoms with Crippen LogP contribution in [-0.2, 0) is 0 Å². The minimum Gasteiger partial charge on any atom is -0.389 e. The normalized spacial score (nSPS) is 11.4. The molecule has 7 heteroatoms. The lowest BCUT2D eigenvalue weighted by Gasteiger charge is -2.26. The van der Waals surface area contributed by atoms with Crippen LogP contribution < -0.4 is 10.6 Å². The van der Waals surface area contributed by atoms with Crippen molar-refractivity contribution in [3.8, 4) is 0 Å². The van der Waals surface area contributed by atoms with Gasteiger partial charge in [-0.1, -0.05) is 28.1 Å². The highest BCUT2D eigenvalue weighted by Gasteiger charge is 2.31. The molecule has 0 amide bonds. The second kappa shape index (κ2) is 5.88. The Morgan fingerprint density at radius 2 is 2.06 bits per heavy atom. The molecule has 0 spiro atoms. The first kappa shape index (κ1) is 15.2. The molecular weight excluding hydrogens is 329 g/mol. The van der Waals surface area contributed by atoms with Crippen LogP contribution in [0.4, 0.5) is 18.9 Å². The topological polar surface area (TPSA) is 29.3 Å². The van der Waals surface area contributed by atoms with Gasteiger partial charge in [0.1, 0.15) is 11.5 Å². The Balaban J connectivity index is 3.17. The molecule has 0 fully saturated rings. The third-order valence-electron chi connectivity index (χ3n) is 2.32. The van der Waals surface area contributed by atoms with Crippen LogP contribution in [0.3, 0.4) is 0 Å². The number of nitrogens with zero attached hydrogens (tertiary/aromatic N) is 1. The molecule has 100 valence electrons. The maximum Gasteiger partial charge on any atom is 0.405 e. The van der Waals surface area contributed by atoms with Crippen molar-refractivity contribution in [2.24, 2.45) is 5.73 Å². The molecule has 0 bridgehead atoms. The smallest absolute Gasteiger partial charge is 0.389 e. The van der Waals surface area contributed by atoms with E-state index in [1.165, 1.54) is 4.90 Å². The zero-order valence-corrected chi connectivity index (χ0v) is 12.0. The first-order valence-electron chi connectivity index (χ1n) is 5.15. The van der Waals surface area contributed by atoms with E-state index in [9.17, 15) is 13.2 Å². The number of hydrogen-bond acceptors (Lipinski definition) is 2. The molecule has 18 heavy (non-hydrogen) atoms. The van der Waals surface area contributed by atoms with Gasteiger partial charge >= 0.3 is 6.18 Å². The van der Waals surface area contributed by atoms with Gasteiger partial charge in [0.05, 0.1) is 0 Å². The number of benzene rings is 1. The Hall–Kier alpha value is -0.820. The Kier molecular flexibility index (Phi) is 4.98. The number of thiocarbonyl (C=S) groups is 1. The Morgan fingerprint density at radius 1 is 1.44 bits per heavy atom. The summed E-state index contributed by atoms with van der Waals surface area (Å²) >= 11 is 8.11. The lowest BCUT2D eigenvalue weighted by molar-refractivity contribution is -0.119. The molecule has 0 unspecified atom stereocenters. The summed E-state index contributed by atoms with van der Waals surface area (Å²) in [5.74, 6) is 0. The number of hydrogen-bond donors (Lipinski definition) is 1. The van der Waals surface area contributed by atoms with Crippen molar-refractivity contribution < 1.29 is 13.2 Å². The average molecular weight is 341 g/mol. The molecule has 0 saturated heterocycles. The van der Waals surface area contributed by atoms with Crippen LogP contribution >= 0.6 is 28.1 Å². The van der Waals surface area contributed by atoms with E-state index in [0.717, 1.165) is 4.47 Å². The highest BCUT2D eigenvalue weighted by atomic mass is 79.9. The standard InChI is InChI=1S/C11H12BrF3N2S/c1-2-17(6-11(13,14)15)9-4-3-7(12)5-8(9)10(16)18/h3-5H,2,6H2,1H3,(H2,16,18). The summed E-state index contributed by atoms with van der Waals surface area (Å²) in [6.07, 6.45) is -4.27. The number of rotatable bonds is 4. The lowest BCUT2D eigenvalue weighted by atomic mass is 10.1. The number of anilines is 1. The molecule has 1 aromatic rings. The fraction of sp³-hybridized carbons (Fsp3) is 0.364. The number of alkyl halides is 3. The molecule has 0 aliphatic heterocycles. The van der Waals surface area contributed by atoms with Crippen molar-refractivity contribution in [2.45, 2.75) is 13.1 Å². The van der Waals surface area contributed by atoms with Crippen molar-refractivity contribution in [1.82, 2.24) is 0 Å². The van der Waals surface area contributed by atoms with Gasteiger partial charge in [0, 0.05) is 22.3 Å². The summed E-state index contributed by atoms with van der Waals surface area (Å²) < 4.78 is 38.1. The van der Waals surface area contributed by atoms with Crippen molar-refractivity contribution in [2.75, 3.05) is 18.0 Å². The lowest BCUT2D eigenvalue weighted by Crippen LogP contribution is -2.35. The third kappa shape index (κ3) is 4.13. The van der Waals surface area contributed by atoms with Crippen LogP contribution in [-0.4, -0.2) is 24.3 Å². The van der Waals surface area contributed by atoms with E-state index in [0.29, 0.717) is 11.3 Å². The fourth-order valence-corrected chi connectivity index (χ4v) is 2.09. The predicted octanol–water partition coefficient (Wildman–Crippen LogP) is 3.47. The zero-order valence-electron chi connectivity index (χ0n) is 9.59. The van der Waals surface area contributed by atoms with Crippen LogP contribution in [0.1, 0.15) is 12.5 Å². The highest BCUT2D eigenvalue weighted by Crippen LogP contribution is 2.27. The van der Waals surface area contributed by atoms with Gasteiger partial charge in [0.15, 0.2) is 0 Å². The molecule has 0 radical (unpaired) electrons. The molecule has 0 aromatic heterocycles. The second-order valence-corrected chi connectivity index (χ2v) is 5.01. The first-order valence-corrected chi connectivity index (χ1v) is 6.35. The molecule has 0 atom stereocenters. The van der Waals surface area contributed by atoms with Crippen molar-refractivity contribution >= 4 is 38.8 Å².